The van der Waals surface area contributed by atoms with E-state index < -0.39 is 18.8 Å². The van der Waals surface area contributed by atoms with Crippen LogP contribution >= 0.6 is 11.6 Å². The number of halogens is 4. The first-order valence-electron chi connectivity index (χ1n) is 4.38. The lowest BCUT2D eigenvalue weighted by Crippen LogP contribution is -2.24. The van der Waals surface area contributed by atoms with Gasteiger partial charge >= 0.3 is 0 Å². The number of nitrogens with zero attached hydrogens (tertiary/aromatic N) is 1. The second-order valence-corrected chi connectivity index (χ2v) is 3.46. The second-order valence-electron chi connectivity index (χ2n) is 3.19. The van der Waals surface area contributed by atoms with Gasteiger partial charge in [-0.05, 0) is 17.7 Å². The van der Waals surface area contributed by atoms with E-state index in [-0.39, 0.29) is 11.6 Å². The number of hydrogen-bond donors (Lipinski definition) is 0. The molecule has 0 radical (unpaired) electrons. The van der Waals surface area contributed by atoms with Gasteiger partial charge in [0, 0.05) is 12.9 Å². The maximum atomic E-state index is 13.4. The summed E-state index contributed by atoms with van der Waals surface area (Å²) in [6.45, 7) is -0.489. The Kier molecular flexibility index (Phi) is 4.27. The molecule has 0 N–H and O–H groups in total. The maximum Gasteiger partial charge on any atom is 0.255 e. The van der Waals surface area contributed by atoms with E-state index in [9.17, 15) is 13.2 Å². The molecule has 5 heteroatoms. The molecule has 0 heterocycles. The lowest BCUT2D eigenvalue weighted by atomic mass is 10.2. The van der Waals surface area contributed by atoms with Crippen molar-refractivity contribution in [3.05, 3.63) is 29.6 Å². The van der Waals surface area contributed by atoms with Gasteiger partial charge in [-0.15, -0.1) is 11.6 Å². The van der Waals surface area contributed by atoms with Gasteiger partial charge in [-0.1, -0.05) is 6.07 Å². The van der Waals surface area contributed by atoms with E-state index in [1.807, 2.05) is 0 Å². The Morgan fingerprint density at radius 1 is 1.40 bits per heavy atom. The highest BCUT2D eigenvalue weighted by molar-refractivity contribution is 6.17. The zero-order valence-electron chi connectivity index (χ0n) is 8.18. The molecule has 0 saturated heterocycles. The van der Waals surface area contributed by atoms with Crippen molar-refractivity contribution in [2.75, 3.05) is 18.5 Å². The second kappa shape index (κ2) is 5.26. The molecule has 0 unspecified atom stereocenters. The van der Waals surface area contributed by atoms with Gasteiger partial charge < -0.3 is 4.90 Å². The van der Waals surface area contributed by atoms with Gasteiger partial charge in [0.1, 0.15) is 5.82 Å². The molecule has 0 saturated carbocycles. The Morgan fingerprint density at radius 2 is 2.07 bits per heavy atom. The van der Waals surface area contributed by atoms with E-state index in [0.29, 0.717) is 5.56 Å². The third kappa shape index (κ3) is 3.30. The average molecular weight is 238 g/mol. The van der Waals surface area contributed by atoms with Crippen LogP contribution in [0.4, 0.5) is 18.9 Å². The maximum absolute atomic E-state index is 13.4. The molecular formula is C10H11ClF3N. The Labute approximate surface area is 91.5 Å². The first-order valence-corrected chi connectivity index (χ1v) is 4.91. The Hall–Kier alpha value is -0.900. The smallest absolute Gasteiger partial charge is 0.255 e. The zero-order valence-corrected chi connectivity index (χ0v) is 8.94. The number of anilines is 1. The van der Waals surface area contributed by atoms with Crippen LogP contribution in [-0.2, 0) is 5.88 Å². The van der Waals surface area contributed by atoms with Crippen molar-refractivity contribution in [2.24, 2.45) is 0 Å². The number of benzene rings is 1. The predicted octanol–water partition coefficient (Wildman–Crippen LogP) is 3.27. The van der Waals surface area contributed by atoms with Gasteiger partial charge in [0.15, 0.2) is 0 Å². The van der Waals surface area contributed by atoms with Crippen LogP contribution in [0.15, 0.2) is 18.2 Å². The van der Waals surface area contributed by atoms with E-state index in [1.165, 1.54) is 24.1 Å². The standard InChI is InChI=1S/C10H11ClF3N/c1-15(6-10(13)14)9-3-2-7(5-11)4-8(9)12/h2-4,10H,5-6H2,1H3. The number of rotatable bonds is 4. The molecule has 0 amide bonds. The van der Waals surface area contributed by atoms with Crippen molar-refractivity contribution in [1.29, 1.82) is 0 Å². The molecule has 0 aliphatic carbocycles. The van der Waals surface area contributed by atoms with Crippen LogP contribution in [-0.4, -0.2) is 20.0 Å². The van der Waals surface area contributed by atoms with Crippen LogP contribution in [0.25, 0.3) is 0 Å². The van der Waals surface area contributed by atoms with E-state index in [1.54, 1.807) is 6.07 Å². The lowest BCUT2D eigenvalue weighted by molar-refractivity contribution is 0.156. The van der Waals surface area contributed by atoms with Gasteiger partial charge in [-0.2, -0.15) is 0 Å². The third-order valence-electron chi connectivity index (χ3n) is 1.99. The summed E-state index contributed by atoms with van der Waals surface area (Å²) in [5.74, 6) is -0.327. The van der Waals surface area contributed by atoms with Crippen molar-refractivity contribution in [1.82, 2.24) is 0 Å². The monoisotopic (exact) mass is 237 g/mol. The van der Waals surface area contributed by atoms with Crippen LogP contribution in [0.5, 0.6) is 0 Å². The van der Waals surface area contributed by atoms with E-state index in [0.717, 1.165) is 0 Å². The minimum absolute atomic E-state index is 0.157. The van der Waals surface area contributed by atoms with Gasteiger partial charge in [0.2, 0.25) is 0 Å². The molecule has 0 aliphatic heterocycles. The normalized spacial score (nSPS) is 10.8. The Morgan fingerprint density at radius 3 is 2.53 bits per heavy atom. The quantitative estimate of drug-likeness (QED) is 0.727. The van der Waals surface area contributed by atoms with E-state index in [2.05, 4.69) is 0 Å². The van der Waals surface area contributed by atoms with E-state index in [4.69, 9.17) is 11.6 Å². The molecule has 0 atom stereocenters. The van der Waals surface area contributed by atoms with Gasteiger partial charge in [-0.25, -0.2) is 13.2 Å². The summed E-state index contributed by atoms with van der Waals surface area (Å²) in [7, 11) is 1.42. The molecule has 84 valence electrons. The first kappa shape index (κ1) is 12.2. The Bertz CT molecular complexity index is 330. The molecule has 1 aromatic rings. The summed E-state index contributed by atoms with van der Waals surface area (Å²) >= 11 is 5.51. The highest BCUT2D eigenvalue weighted by atomic mass is 35.5. The van der Waals surface area contributed by atoms with Crippen molar-refractivity contribution < 1.29 is 13.2 Å². The van der Waals surface area contributed by atoms with Crippen molar-refractivity contribution in [2.45, 2.75) is 12.3 Å². The fraction of sp³-hybridized carbons (Fsp3) is 0.400. The Balaban J connectivity index is 2.85. The van der Waals surface area contributed by atoms with Crippen LogP contribution in [0.3, 0.4) is 0 Å². The molecule has 0 bridgehead atoms. The minimum Gasteiger partial charge on any atom is -0.367 e. The molecule has 0 aromatic heterocycles. The fourth-order valence-corrected chi connectivity index (χ4v) is 1.41. The van der Waals surface area contributed by atoms with Crippen LogP contribution in [0, 0.1) is 5.82 Å². The summed E-state index contributed by atoms with van der Waals surface area (Å²) in [6.07, 6.45) is -2.48. The predicted molar refractivity (Wildman–Crippen MR) is 55.2 cm³/mol. The summed E-state index contributed by atoms with van der Waals surface area (Å²) in [6, 6.07) is 4.33. The first-order chi connectivity index (χ1) is 7.04. The lowest BCUT2D eigenvalue weighted by Gasteiger charge is -2.19. The van der Waals surface area contributed by atoms with Crippen molar-refractivity contribution in [3.63, 3.8) is 0 Å². The highest BCUT2D eigenvalue weighted by Gasteiger charge is 2.12. The molecule has 15 heavy (non-hydrogen) atoms. The third-order valence-corrected chi connectivity index (χ3v) is 2.30. The summed E-state index contributed by atoms with van der Waals surface area (Å²) in [5, 5.41) is 0. The molecule has 1 aromatic carbocycles. The molecule has 1 nitrogen and oxygen atoms in total. The SMILES string of the molecule is CN(CC(F)F)c1ccc(CCl)cc1F. The summed E-state index contributed by atoms with van der Waals surface area (Å²) < 4.78 is 37.5. The van der Waals surface area contributed by atoms with Gasteiger partial charge in [0.25, 0.3) is 6.43 Å². The van der Waals surface area contributed by atoms with E-state index >= 15 is 0 Å². The largest absolute Gasteiger partial charge is 0.367 e. The summed E-state index contributed by atoms with van der Waals surface area (Å²) in [4.78, 5) is 1.18. The molecule has 1 rings (SSSR count). The summed E-state index contributed by atoms with van der Waals surface area (Å²) in [5.41, 5.74) is 0.785. The van der Waals surface area contributed by atoms with Crippen LogP contribution in [0.1, 0.15) is 5.56 Å². The number of alkyl halides is 3. The average Bonchev–Trinajstić information content (AvgIpc) is 2.16. The number of hydrogen-bond acceptors (Lipinski definition) is 1. The zero-order chi connectivity index (χ0) is 11.4. The fourth-order valence-electron chi connectivity index (χ4n) is 1.25. The van der Waals surface area contributed by atoms with Crippen LogP contribution in [0.2, 0.25) is 0 Å². The van der Waals surface area contributed by atoms with Crippen molar-refractivity contribution in [3.8, 4) is 0 Å². The molecule has 0 fully saturated rings. The molecule has 0 spiro atoms. The molecular weight excluding hydrogens is 227 g/mol. The van der Waals surface area contributed by atoms with Crippen molar-refractivity contribution >= 4 is 17.3 Å². The topological polar surface area (TPSA) is 3.24 Å². The van der Waals surface area contributed by atoms with Gasteiger partial charge in [-0.3, -0.25) is 0 Å². The van der Waals surface area contributed by atoms with Crippen LogP contribution < -0.4 is 4.90 Å². The minimum atomic E-state index is -2.48. The van der Waals surface area contributed by atoms with Gasteiger partial charge in [0.05, 0.1) is 12.2 Å². The highest BCUT2D eigenvalue weighted by Crippen LogP contribution is 2.20. The molecule has 0 aliphatic rings.